The van der Waals surface area contributed by atoms with Crippen LogP contribution in [0.15, 0.2) is 36.4 Å². The van der Waals surface area contributed by atoms with Crippen LogP contribution in [0.25, 0.3) is 0 Å². The molecule has 0 heterocycles. The van der Waals surface area contributed by atoms with Crippen LogP contribution in [0.3, 0.4) is 0 Å². The van der Waals surface area contributed by atoms with E-state index in [1.807, 2.05) is 37.3 Å². The molecule has 7 heteroatoms. The Hall–Kier alpha value is -2.11. The van der Waals surface area contributed by atoms with Gasteiger partial charge in [0.05, 0.1) is 10.4 Å². The third-order valence-electron chi connectivity index (χ3n) is 4.47. The first-order chi connectivity index (χ1) is 11.8. The molecule has 0 radical (unpaired) electrons. The van der Waals surface area contributed by atoms with Crippen LogP contribution in [0.2, 0.25) is 10.0 Å². The summed E-state index contributed by atoms with van der Waals surface area (Å²) >= 11 is 12.5. The molecule has 1 unspecified atom stereocenters. The van der Waals surface area contributed by atoms with E-state index in [2.05, 4.69) is 0 Å². The molecule has 0 fully saturated rings. The third-order valence-corrected chi connectivity index (χ3v) is 5.32. The highest BCUT2D eigenvalue weighted by atomic mass is 35.5. The van der Waals surface area contributed by atoms with Gasteiger partial charge in [0.25, 0.3) is 0 Å². The molecular formula is C18H15Cl2NO4. The number of ketones is 1. The summed E-state index contributed by atoms with van der Waals surface area (Å²) in [5.74, 6) is 0.176. The Labute approximate surface area is 154 Å². The lowest BCUT2D eigenvalue weighted by Crippen LogP contribution is -2.29. The number of fused-ring (bicyclic) bond motifs is 1. The second kappa shape index (κ2) is 6.65. The highest BCUT2D eigenvalue weighted by Gasteiger charge is 2.45. The van der Waals surface area contributed by atoms with Gasteiger partial charge in [-0.1, -0.05) is 53.5 Å². The Morgan fingerprint density at radius 1 is 1.24 bits per heavy atom. The van der Waals surface area contributed by atoms with Gasteiger partial charge in [0.2, 0.25) is 6.54 Å². The molecule has 2 aromatic rings. The van der Waals surface area contributed by atoms with Gasteiger partial charge >= 0.3 is 0 Å². The van der Waals surface area contributed by atoms with Crippen LogP contribution in [0, 0.1) is 10.1 Å². The van der Waals surface area contributed by atoms with Crippen molar-refractivity contribution in [1.82, 2.24) is 0 Å². The van der Waals surface area contributed by atoms with Crippen molar-refractivity contribution < 1.29 is 14.5 Å². The number of Topliss-reactive ketones (excluding diaryl/α,β-unsaturated/α-hetero) is 1. The molecule has 5 nitrogen and oxygen atoms in total. The molecule has 130 valence electrons. The lowest BCUT2D eigenvalue weighted by atomic mass is 9.79. The maximum Gasteiger partial charge on any atom is 0.237 e. The smallest absolute Gasteiger partial charge is 0.237 e. The van der Waals surface area contributed by atoms with E-state index in [4.69, 9.17) is 27.9 Å². The van der Waals surface area contributed by atoms with E-state index in [1.165, 1.54) is 0 Å². The molecule has 0 saturated carbocycles. The van der Waals surface area contributed by atoms with Crippen molar-refractivity contribution in [3.8, 4) is 5.75 Å². The summed E-state index contributed by atoms with van der Waals surface area (Å²) in [6, 6.07) is 11.1. The van der Waals surface area contributed by atoms with Crippen LogP contribution in [-0.2, 0) is 11.8 Å². The zero-order chi connectivity index (χ0) is 18.2. The predicted octanol–water partition coefficient (Wildman–Crippen LogP) is 4.35. The predicted molar refractivity (Wildman–Crippen MR) is 95.6 cm³/mol. The number of halogens is 2. The van der Waals surface area contributed by atoms with Crippen LogP contribution >= 0.6 is 23.2 Å². The van der Waals surface area contributed by atoms with Gasteiger partial charge in [0.1, 0.15) is 10.8 Å². The maximum absolute atomic E-state index is 13.0. The van der Waals surface area contributed by atoms with Gasteiger partial charge in [-0.3, -0.25) is 14.9 Å². The summed E-state index contributed by atoms with van der Waals surface area (Å²) < 4.78 is 5.39. The average Bonchev–Trinajstić information content (AvgIpc) is 2.85. The standard InChI is InChI=1S/C18H15Cl2NO4/c1-18(12-5-3-2-4-6-12)10-11-9-13(25-8-7-21(23)24)15(19)16(20)14(11)17(18)22/h2-6,9H,7-8,10H2,1H3. The lowest BCUT2D eigenvalue weighted by molar-refractivity contribution is -0.481. The minimum absolute atomic E-state index is 0.0857. The number of hydrogen-bond acceptors (Lipinski definition) is 4. The maximum atomic E-state index is 13.0. The molecule has 25 heavy (non-hydrogen) atoms. The molecule has 0 N–H and O–H groups in total. The number of nitro groups is 1. The zero-order valence-corrected chi connectivity index (χ0v) is 14.9. The lowest BCUT2D eigenvalue weighted by Gasteiger charge is -2.22. The van der Waals surface area contributed by atoms with Crippen molar-refractivity contribution in [2.75, 3.05) is 13.2 Å². The van der Waals surface area contributed by atoms with E-state index >= 15 is 0 Å². The molecule has 0 spiro atoms. The minimum Gasteiger partial charge on any atom is -0.485 e. The van der Waals surface area contributed by atoms with Crippen molar-refractivity contribution in [2.24, 2.45) is 0 Å². The van der Waals surface area contributed by atoms with Gasteiger partial charge in [-0.2, -0.15) is 0 Å². The fourth-order valence-corrected chi connectivity index (χ4v) is 3.65. The Morgan fingerprint density at radius 3 is 2.56 bits per heavy atom. The topological polar surface area (TPSA) is 69.4 Å². The highest BCUT2D eigenvalue weighted by Crippen LogP contribution is 2.47. The molecular weight excluding hydrogens is 365 g/mol. The quantitative estimate of drug-likeness (QED) is 0.571. The van der Waals surface area contributed by atoms with Crippen molar-refractivity contribution in [2.45, 2.75) is 18.8 Å². The van der Waals surface area contributed by atoms with Gasteiger partial charge in [-0.05, 0) is 30.5 Å². The molecule has 1 aliphatic carbocycles. The van der Waals surface area contributed by atoms with Crippen LogP contribution in [0.1, 0.15) is 28.4 Å². The molecule has 0 bridgehead atoms. The Bertz CT molecular complexity index is 854. The fourth-order valence-electron chi connectivity index (χ4n) is 3.15. The van der Waals surface area contributed by atoms with Crippen LogP contribution in [0.4, 0.5) is 0 Å². The van der Waals surface area contributed by atoms with Crippen LogP contribution < -0.4 is 4.74 Å². The van der Waals surface area contributed by atoms with E-state index in [0.29, 0.717) is 12.0 Å². The summed E-state index contributed by atoms with van der Waals surface area (Å²) in [7, 11) is 0. The van der Waals surface area contributed by atoms with E-state index in [0.717, 1.165) is 11.1 Å². The first kappa shape index (κ1) is 17.7. The normalized spacial score (nSPS) is 18.9. The second-order valence-corrected chi connectivity index (χ2v) is 6.90. The largest absolute Gasteiger partial charge is 0.485 e. The molecule has 0 amide bonds. The van der Waals surface area contributed by atoms with Crippen LogP contribution in [0.5, 0.6) is 5.75 Å². The number of rotatable bonds is 5. The number of carbonyl (C=O) groups is 1. The Kier molecular flexibility index (Phi) is 4.71. The first-order valence-electron chi connectivity index (χ1n) is 7.70. The SMILES string of the molecule is CC1(c2ccccc2)Cc2cc(OCC[N+](=O)[O-])c(Cl)c(Cl)c2C1=O. The van der Waals surface area contributed by atoms with Crippen molar-refractivity contribution >= 4 is 29.0 Å². The number of benzene rings is 2. The Balaban J connectivity index is 1.98. The molecule has 0 aromatic heterocycles. The summed E-state index contributed by atoms with van der Waals surface area (Å²) in [5.41, 5.74) is 1.32. The summed E-state index contributed by atoms with van der Waals surface area (Å²) in [4.78, 5) is 23.0. The minimum atomic E-state index is -0.726. The van der Waals surface area contributed by atoms with Gasteiger partial charge in [0, 0.05) is 10.5 Å². The monoisotopic (exact) mass is 379 g/mol. The number of ether oxygens (including phenoxy) is 1. The van der Waals surface area contributed by atoms with E-state index in [9.17, 15) is 14.9 Å². The number of nitrogens with zero attached hydrogens (tertiary/aromatic N) is 1. The average molecular weight is 380 g/mol. The summed E-state index contributed by atoms with van der Waals surface area (Å²) in [6.45, 7) is 1.42. The van der Waals surface area contributed by atoms with Crippen molar-refractivity contribution in [3.63, 3.8) is 0 Å². The van der Waals surface area contributed by atoms with E-state index in [1.54, 1.807) is 6.07 Å². The first-order valence-corrected chi connectivity index (χ1v) is 8.46. The molecule has 1 atom stereocenters. The van der Waals surface area contributed by atoms with Crippen molar-refractivity contribution in [3.05, 3.63) is 73.2 Å². The molecule has 2 aromatic carbocycles. The molecule has 1 aliphatic rings. The van der Waals surface area contributed by atoms with E-state index < -0.39 is 10.3 Å². The van der Waals surface area contributed by atoms with Gasteiger partial charge in [-0.15, -0.1) is 0 Å². The summed E-state index contributed by atoms with van der Waals surface area (Å²) in [6.07, 6.45) is 0.466. The molecule has 3 rings (SSSR count). The fraction of sp³-hybridized carbons (Fsp3) is 0.278. The van der Waals surface area contributed by atoms with Gasteiger partial charge in [0.15, 0.2) is 12.4 Å². The second-order valence-electron chi connectivity index (χ2n) is 6.15. The summed E-state index contributed by atoms with van der Waals surface area (Å²) in [5, 5.41) is 10.7. The number of hydrogen-bond donors (Lipinski definition) is 0. The third kappa shape index (κ3) is 3.10. The van der Waals surface area contributed by atoms with Crippen LogP contribution in [-0.4, -0.2) is 23.9 Å². The number of carbonyl (C=O) groups excluding carboxylic acids is 1. The van der Waals surface area contributed by atoms with Crippen molar-refractivity contribution in [1.29, 1.82) is 0 Å². The highest BCUT2D eigenvalue weighted by molar-refractivity contribution is 6.45. The van der Waals surface area contributed by atoms with E-state index in [-0.39, 0.29) is 34.7 Å². The molecule has 0 aliphatic heterocycles. The molecule has 0 saturated heterocycles. The van der Waals surface area contributed by atoms with Gasteiger partial charge < -0.3 is 4.74 Å². The zero-order valence-electron chi connectivity index (χ0n) is 13.4. The van der Waals surface area contributed by atoms with Gasteiger partial charge in [-0.25, -0.2) is 0 Å². The Morgan fingerprint density at radius 2 is 1.92 bits per heavy atom.